The minimum absolute atomic E-state index is 0.687. The van der Waals surface area contributed by atoms with Crippen molar-refractivity contribution in [2.75, 3.05) is 37.6 Å². The largest absolute Gasteiger partial charge is 0.357 e. The summed E-state index contributed by atoms with van der Waals surface area (Å²) in [6.07, 6.45) is 7.05. The summed E-state index contributed by atoms with van der Waals surface area (Å²) in [5, 5.41) is 3.91. The number of aromatic nitrogens is 1. The van der Waals surface area contributed by atoms with Crippen LogP contribution in [0.4, 0.5) is 5.82 Å². The molecule has 0 aromatic carbocycles. The quantitative estimate of drug-likeness (QED) is 0.919. The van der Waals surface area contributed by atoms with Crippen molar-refractivity contribution in [1.82, 2.24) is 15.2 Å². The SMILES string of the molecule is CCN1CCCC(NC2CCN(c3ccccn3)CC2)C1. The Morgan fingerprint density at radius 3 is 2.71 bits per heavy atom. The molecular weight excluding hydrogens is 260 g/mol. The zero-order chi connectivity index (χ0) is 14.5. The Morgan fingerprint density at radius 1 is 1.14 bits per heavy atom. The van der Waals surface area contributed by atoms with E-state index in [-0.39, 0.29) is 0 Å². The van der Waals surface area contributed by atoms with Gasteiger partial charge in [-0.25, -0.2) is 4.98 Å². The topological polar surface area (TPSA) is 31.4 Å². The minimum atomic E-state index is 0.687. The highest BCUT2D eigenvalue weighted by Crippen LogP contribution is 2.19. The van der Waals surface area contributed by atoms with E-state index in [0.717, 1.165) is 18.9 Å². The fourth-order valence-corrected chi connectivity index (χ4v) is 3.63. The Balaban J connectivity index is 1.45. The summed E-state index contributed by atoms with van der Waals surface area (Å²) < 4.78 is 0. The Morgan fingerprint density at radius 2 is 2.00 bits per heavy atom. The van der Waals surface area contributed by atoms with Crippen molar-refractivity contribution >= 4 is 5.82 Å². The Labute approximate surface area is 128 Å². The lowest BCUT2D eigenvalue weighted by Crippen LogP contribution is -2.52. The van der Waals surface area contributed by atoms with Crippen LogP contribution in [0.3, 0.4) is 0 Å². The number of rotatable bonds is 4. The van der Waals surface area contributed by atoms with Gasteiger partial charge < -0.3 is 15.1 Å². The van der Waals surface area contributed by atoms with Crippen LogP contribution in [-0.2, 0) is 0 Å². The van der Waals surface area contributed by atoms with E-state index in [2.05, 4.69) is 39.2 Å². The second-order valence-electron chi connectivity index (χ2n) is 6.35. The first-order valence-electron chi connectivity index (χ1n) is 8.49. The maximum absolute atomic E-state index is 4.46. The third kappa shape index (κ3) is 3.95. The summed E-state index contributed by atoms with van der Waals surface area (Å²) >= 11 is 0. The summed E-state index contributed by atoms with van der Waals surface area (Å²) in [4.78, 5) is 9.45. The van der Waals surface area contributed by atoms with Gasteiger partial charge in [0.05, 0.1) is 0 Å². The van der Waals surface area contributed by atoms with Crippen LogP contribution in [0, 0.1) is 0 Å². The number of pyridine rings is 1. The number of hydrogen-bond donors (Lipinski definition) is 1. The molecule has 0 bridgehead atoms. The van der Waals surface area contributed by atoms with Crippen LogP contribution < -0.4 is 10.2 Å². The van der Waals surface area contributed by atoms with Crippen LogP contribution in [0.15, 0.2) is 24.4 Å². The van der Waals surface area contributed by atoms with Gasteiger partial charge >= 0.3 is 0 Å². The second-order valence-corrected chi connectivity index (χ2v) is 6.35. The number of nitrogens with zero attached hydrogens (tertiary/aromatic N) is 3. The smallest absolute Gasteiger partial charge is 0.128 e. The Bertz CT molecular complexity index is 414. The standard InChI is InChI=1S/C17H28N4/c1-2-20-11-5-6-16(14-20)19-15-8-12-21(13-9-15)17-7-3-4-10-18-17/h3-4,7,10,15-16,19H,2,5-6,8-9,11-14H2,1H3. The molecule has 0 radical (unpaired) electrons. The van der Waals surface area contributed by atoms with Crippen LogP contribution in [0.25, 0.3) is 0 Å². The molecule has 1 aromatic heterocycles. The number of nitrogens with one attached hydrogen (secondary N) is 1. The van der Waals surface area contributed by atoms with Gasteiger partial charge in [0.2, 0.25) is 0 Å². The van der Waals surface area contributed by atoms with Gasteiger partial charge in [-0.3, -0.25) is 0 Å². The van der Waals surface area contributed by atoms with E-state index < -0.39 is 0 Å². The number of likely N-dealkylation sites (N-methyl/N-ethyl adjacent to an activating group) is 1. The Kier molecular flexibility index (Phi) is 5.09. The molecular formula is C17H28N4. The van der Waals surface area contributed by atoms with E-state index in [0.29, 0.717) is 12.1 Å². The van der Waals surface area contributed by atoms with Crippen molar-refractivity contribution in [2.24, 2.45) is 0 Å². The fourth-order valence-electron chi connectivity index (χ4n) is 3.63. The molecule has 1 unspecified atom stereocenters. The predicted molar refractivity (Wildman–Crippen MR) is 87.7 cm³/mol. The molecule has 2 aliphatic heterocycles. The van der Waals surface area contributed by atoms with Gasteiger partial charge in [-0.1, -0.05) is 13.0 Å². The zero-order valence-corrected chi connectivity index (χ0v) is 13.2. The fraction of sp³-hybridized carbons (Fsp3) is 0.706. The molecule has 0 aliphatic carbocycles. The van der Waals surface area contributed by atoms with Crippen LogP contribution in [0.1, 0.15) is 32.6 Å². The number of likely N-dealkylation sites (tertiary alicyclic amines) is 1. The maximum atomic E-state index is 4.46. The van der Waals surface area contributed by atoms with Gasteiger partial charge in [-0.05, 0) is 50.9 Å². The van der Waals surface area contributed by atoms with E-state index in [1.165, 1.54) is 45.3 Å². The summed E-state index contributed by atoms with van der Waals surface area (Å²) in [6.45, 7) is 8.23. The average Bonchev–Trinajstić information content (AvgIpc) is 2.56. The number of hydrogen-bond acceptors (Lipinski definition) is 4. The molecule has 4 heteroatoms. The molecule has 0 amide bonds. The molecule has 2 saturated heterocycles. The molecule has 1 N–H and O–H groups in total. The van der Waals surface area contributed by atoms with E-state index in [9.17, 15) is 0 Å². The van der Waals surface area contributed by atoms with Crippen LogP contribution in [-0.4, -0.2) is 54.7 Å². The summed E-state index contributed by atoms with van der Waals surface area (Å²) in [5.41, 5.74) is 0. The van der Waals surface area contributed by atoms with Crippen LogP contribution >= 0.6 is 0 Å². The van der Waals surface area contributed by atoms with Crippen molar-refractivity contribution in [2.45, 2.75) is 44.7 Å². The predicted octanol–water partition coefficient (Wildman–Crippen LogP) is 2.12. The van der Waals surface area contributed by atoms with Gasteiger partial charge in [0.25, 0.3) is 0 Å². The molecule has 21 heavy (non-hydrogen) atoms. The van der Waals surface area contributed by atoms with Gasteiger partial charge in [0.15, 0.2) is 0 Å². The normalized spacial score (nSPS) is 25.2. The van der Waals surface area contributed by atoms with Crippen molar-refractivity contribution in [3.63, 3.8) is 0 Å². The van der Waals surface area contributed by atoms with E-state index in [1.54, 1.807) is 0 Å². The first-order valence-corrected chi connectivity index (χ1v) is 8.49. The molecule has 116 valence electrons. The van der Waals surface area contributed by atoms with Crippen molar-refractivity contribution < 1.29 is 0 Å². The lowest BCUT2D eigenvalue weighted by atomic mass is 10.00. The maximum Gasteiger partial charge on any atom is 0.128 e. The first kappa shape index (κ1) is 14.8. The van der Waals surface area contributed by atoms with Crippen molar-refractivity contribution in [1.29, 1.82) is 0 Å². The zero-order valence-electron chi connectivity index (χ0n) is 13.2. The van der Waals surface area contributed by atoms with Gasteiger partial charge in [-0.15, -0.1) is 0 Å². The summed E-state index contributed by atoms with van der Waals surface area (Å²) in [6, 6.07) is 7.57. The van der Waals surface area contributed by atoms with Crippen LogP contribution in [0.2, 0.25) is 0 Å². The van der Waals surface area contributed by atoms with E-state index >= 15 is 0 Å². The third-order valence-corrected chi connectivity index (χ3v) is 4.89. The molecule has 0 spiro atoms. The minimum Gasteiger partial charge on any atom is -0.357 e. The number of anilines is 1. The Hall–Kier alpha value is -1.13. The molecule has 3 rings (SSSR count). The van der Waals surface area contributed by atoms with Crippen molar-refractivity contribution in [3.8, 4) is 0 Å². The lowest BCUT2D eigenvalue weighted by molar-refractivity contribution is 0.185. The van der Waals surface area contributed by atoms with E-state index in [4.69, 9.17) is 0 Å². The van der Waals surface area contributed by atoms with Gasteiger partial charge in [0.1, 0.15) is 5.82 Å². The summed E-state index contributed by atoms with van der Waals surface area (Å²) in [7, 11) is 0. The molecule has 4 nitrogen and oxygen atoms in total. The highest BCUT2D eigenvalue weighted by Gasteiger charge is 2.24. The average molecular weight is 288 g/mol. The molecule has 3 heterocycles. The first-order chi connectivity index (χ1) is 10.3. The summed E-state index contributed by atoms with van der Waals surface area (Å²) in [5.74, 6) is 1.13. The third-order valence-electron chi connectivity index (χ3n) is 4.89. The highest BCUT2D eigenvalue weighted by molar-refractivity contribution is 5.38. The molecule has 1 aromatic rings. The lowest BCUT2D eigenvalue weighted by Gasteiger charge is -2.38. The van der Waals surface area contributed by atoms with Gasteiger partial charge in [0, 0.05) is 37.9 Å². The molecule has 0 saturated carbocycles. The van der Waals surface area contributed by atoms with Gasteiger partial charge in [-0.2, -0.15) is 0 Å². The molecule has 2 aliphatic rings. The highest BCUT2D eigenvalue weighted by atomic mass is 15.2. The van der Waals surface area contributed by atoms with Crippen LogP contribution in [0.5, 0.6) is 0 Å². The van der Waals surface area contributed by atoms with Crippen molar-refractivity contribution in [3.05, 3.63) is 24.4 Å². The van der Waals surface area contributed by atoms with E-state index in [1.807, 2.05) is 12.3 Å². The second kappa shape index (κ2) is 7.23. The molecule has 2 fully saturated rings. The molecule has 1 atom stereocenters. The monoisotopic (exact) mass is 288 g/mol. The number of piperidine rings is 2.